The van der Waals surface area contributed by atoms with Crippen LogP contribution in [0.15, 0.2) is 22.7 Å². The van der Waals surface area contributed by atoms with Gasteiger partial charge >= 0.3 is 6.18 Å². The molecule has 0 saturated carbocycles. The van der Waals surface area contributed by atoms with Crippen LogP contribution in [0, 0.1) is 0 Å². The van der Waals surface area contributed by atoms with E-state index in [0.29, 0.717) is 12.4 Å². The first-order valence-corrected chi connectivity index (χ1v) is 10.7. The molecule has 0 heterocycles. The molecule has 0 bridgehead atoms. The van der Waals surface area contributed by atoms with Crippen molar-refractivity contribution in [1.82, 2.24) is 0 Å². The third-order valence-electron chi connectivity index (χ3n) is 2.55. The summed E-state index contributed by atoms with van der Waals surface area (Å²) in [7, 11) is -1.14. The number of ether oxygens (including phenoxy) is 2. The minimum Gasteiger partial charge on any atom is -0.468 e. The molecule has 0 aliphatic rings. The van der Waals surface area contributed by atoms with Gasteiger partial charge in [-0.05, 0) is 24.2 Å². The van der Waals surface area contributed by atoms with Gasteiger partial charge in [-0.1, -0.05) is 35.6 Å². The van der Waals surface area contributed by atoms with Gasteiger partial charge in [-0.15, -0.1) is 0 Å². The van der Waals surface area contributed by atoms with Crippen LogP contribution in [0.1, 0.15) is 5.56 Å². The van der Waals surface area contributed by atoms with Gasteiger partial charge < -0.3 is 9.47 Å². The summed E-state index contributed by atoms with van der Waals surface area (Å²) in [4.78, 5) is 0. The van der Waals surface area contributed by atoms with Crippen LogP contribution in [0.2, 0.25) is 25.7 Å². The standard InChI is InChI=1S/C13H18BrF3O2Si/c1-20(2,3)7-6-18-9-19-10-4-5-11(12(14)8-10)13(15,16)17/h4-5,8H,6-7,9H2,1-3H3. The highest BCUT2D eigenvalue weighted by Crippen LogP contribution is 2.36. The molecular weight excluding hydrogens is 353 g/mol. The van der Waals surface area contributed by atoms with Crippen LogP contribution >= 0.6 is 15.9 Å². The molecule has 2 nitrogen and oxygen atoms in total. The van der Waals surface area contributed by atoms with E-state index in [1.807, 2.05) is 0 Å². The molecule has 0 radical (unpaired) electrons. The Balaban J connectivity index is 2.45. The maximum atomic E-state index is 12.6. The van der Waals surface area contributed by atoms with Gasteiger partial charge in [0, 0.05) is 19.2 Å². The number of rotatable bonds is 6. The number of benzene rings is 1. The van der Waals surface area contributed by atoms with Gasteiger partial charge in [-0.25, -0.2) is 0 Å². The van der Waals surface area contributed by atoms with Crippen molar-refractivity contribution in [3.63, 3.8) is 0 Å². The van der Waals surface area contributed by atoms with Gasteiger partial charge in [0.2, 0.25) is 0 Å². The lowest BCUT2D eigenvalue weighted by molar-refractivity contribution is -0.138. The number of alkyl halides is 3. The van der Waals surface area contributed by atoms with Gasteiger partial charge in [-0.3, -0.25) is 0 Å². The van der Waals surface area contributed by atoms with Gasteiger partial charge in [0.1, 0.15) is 5.75 Å². The molecule has 1 rings (SSSR count). The summed E-state index contributed by atoms with van der Waals surface area (Å²) in [5.74, 6) is 0.345. The highest BCUT2D eigenvalue weighted by molar-refractivity contribution is 9.10. The topological polar surface area (TPSA) is 18.5 Å². The second-order valence-electron chi connectivity index (χ2n) is 5.62. The van der Waals surface area contributed by atoms with E-state index < -0.39 is 19.8 Å². The van der Waals surface area contributed by atoms with E-state index in [1.54, 1.807) is 0 Å². The molecule has 0 saturated heterocycles. The molecule has 0 spiro atoms. The predicted octanol–water partition coefficient (Wildman–Crippen LogP) is 5.16. The highest BCUT2D eigenvalue weighted by atomic mass is 79.9. The van der Waals surface area contributed by atoms with Crippen molar-refractivity contribution >= 4 is 24.0 Å². The summed E-state index contributed by atoms with van der Waals surface area (Å²) in [5, 5.41) is 0. The minimum atomic E-state index is -4.37. The van der Waals surface area contributed by atoms with Gasteiger partial charge in [0.05, 0.1) is 5.56 Å². The Bertz CT molecular complexity index is 444. The summed E-state index contributed by atoms with van der Waals surface area (Å²) in [5.41, 5.74) is -0.718. The van der Waals surface area contributed by atoms with Crippen LogP contribution in [0.25, 0.3) is 0 Å². The van der Waals surface area contributed by atoms with E-state index in [0.717, 1.165) is 12.1 Å². The molecule has 0 aromatic heterocycles. The van der Waals surface area contributed by atoms with Crippen molar-refractivity contribution in [3.05, 3.63) is 28.2 Å². The number of hydrogen-bond acceptors (Lipinski definition) is 2. The van der Waals surface area contributed by atoms with Gasteiger partial charge in [0.25, 0.3) is 0 Å². The van der Waals surface area contributed by atoms with E-state index >= 15 is 0 Å². The number of hydrogen-bond donors (Lipinski definition) is 0. The van der Waals surface area contributed by atoms with Crippen LogP contribution in [0.3, 0.4) is 0 Å². The maximum absolute atomic E-state index is 12.6. The second-order valence-corrected chi connectivity index (χ2v) is 12.1. The van der Waals surface area contributed by atoms with E-state index in [-0.39, 0.29) is 11.3 Å². The zero-order valence-electron chi connectivity index (χ0n) is 11.7. The third kappa shape index (κ3) is 6.28. The summed E-state index contributed by atoms with van der Waals surface area (Å²) >= 11 is 2.90. The van der Waals surface area contributed by atoms with Crippen molar-refractivity contribution in [2.45, 2.75) is 31.9 Å². The van der Waals surface area contributed by atoms with Crippen molar-refractivity contribution in [1.29, 1.82) is 0 Å². The van der Waals surface area contributed by atoms with Crippen molar-refractivity contribution in [2.24, 2.45) is 0 Å². The van der Waals surface area contributed by atoms with Crippen LogP contribution < -0.4 is 4.74 Å². The van der Waals surface area contributed by atoms with E-state index in [2.05, 4.69) is 35.6 Å². The molecule has 0 atom stereocenters. The first-order chi connectivity index (χ1) is 9.09. The molecule has 114 valence electrons. The fourth-order valence-electron chi connectivity index (χ4n) is 1.36. The molecule has 7 heteroatoms. The molecule has 20 heavy (non-hydrogen) atoms. The van der Waals surface area contributed by atoms with Crippen molar-refractivity contribution in [2.75, 3.05) is 13.4 Å². The Morgan fingerprint density at radius 1 is 1.20 bits per heavy atom. The Morgan fingerprint density at radius 2 is 1.85 bits per heavy atom. The largest absolute Gasteiger partial charge is 0.468 e. The zero-order valence-corrected chi connectivity index (χ0v) is 14.3. The second kappa shape index (κ2) is 6.95. The minimum absolute atomic E-state index is 0.0374. The smallest absolute Gasteiger partial charge is 0.417 e. The quantitative estimate of drug-likeness (QED) is 0.391. The Morgan fingerprint density at radius 3 is 2.35 bits per heavy atom. The van der Waals surface area contributed by atoms with Crippen molar-refractivity contribution in [3.8, 4) is 5.75 Å². The lowest BCUT2D eigenvalue weighted by Gasteiger charge is -2.16. The summed E-state index contributed by atoms with van der Waals surface area (Å²) in [6.07, 6.45) is -4.37. The van der Waals surface area contributed by atoms with Crippen LogP contribution in [0.5, 0.6) is 5.75 Å². The normalized spacial score (nSPS) is 12.6. The summed E-state index contributed by atoms with van der Waals surface area (Å²) in [6, 6.07) is 4.59. The number of halogens is 4. The molecule has 0 unspecified atom stereocenters. The van der Waals surface area contributed by atoms with Gasteiger partial charge in [-0.2, -0.15) is 13.2 Å². The lowest BCUT2D eigenvalue weighted by atomic mass is 10.2. The molecule has 1 aromatic rings. The third-order valence-corrected chi connectivity index (χ3v) is 4.91. The first-order valence-electron chi connectivity index (χ1n) is 6.17. The molecule has 0 amide bonds. The lowest BCUT2D eigenvalue weighted by Crippen LogP contribution is -2.22. The van der Waals surface area contributed by atoms with E-state index in [1.165, 1.54) is 12.1 Å². The van der Waals surface area contributed by atoms with Gasteiger partial charge in [0.15, 0.2) is 6.79 Å². The predicted molar refractivity (Wildman–Crippen MR) is 78.7 cm³/mol. The fraction of sp³-hybridized carbons (Fsp3) is 0.538. The Labute approximate surface area is 126 Å². The van der Waals surface area contributed by atoms with E-state index in [9.17, 15) is 13.2 Å². The maximum Gasteiger partial charge on any atom is 0.417 e. The molecule has 0 fully saturated rings. The molecule has 1 aromatic carbocycles. The molecule has 0 aliphatic carbocycles. The molecule has 0 N–H and O–H groups in total. The SMILES string of the molecule is C[Si](C)(C)CCOCOc1ccc(C(F)(F)F)c(Br)c1. The van der Waals surface area contributed by atoms with Crippen LogP contribution in [-0.4, -0.2) is 21.5 Å². The van der Waals surface area contributed by atoms with Crippen LogP contribution in [0.4, 0.5) is 13.2 Å². The van der Waals surface area contributed by atoms with Crippen LogP contribution in [-0.2, 0) is 10.9 Å². The molecular formula is C13H18BrF3O2Si. The Kier molecular flexibility index (Phi) is 6.09. The average Bonchev–Trinajstić information content (AvgIpc) is 2.25. The molecule has 0 aliphatic heterocycles. The van der Waals surface area contributed by atoms with E-state index in [4.69, 9.17) is 9.47 Å². The monoisotopic (exact) mass is 370 g/mol. The summed E-state index contributed by atoms with van der Waals surface area (Å²) < 4.78 is 48.2. The average molecular weight is 371 g/mol. The summed E-state index contributed by atoms with van der Waals surface area (Å²) in [6.45, 7) is 7.37. The van der Waals surface area contributed by atoms with Crippen molar-refractivity contribution < 1.29 is 22.6 Å². The highest BCUT2D eigenvalue weighted by Gasteiger charge is 2.32. The Hall–Kier alpha value is -0.533. The fourth-order valence-corrected chi connectivity index (χ4v) is 2.70. The zero-order chi connectivity index (χ0) is 15.4. The first kappa shape index (κ1) is 17.5.